The van der Waals surface area contributed by atoms with Gasteiger partial charge in [0.1, 0.15) is 0 Å². The molecule has 0 aromatic rings. The average molecular weight is 1180 g/mol. The molecule has 0 amide bonds. The summed E-state index contributed by atoms with van der Waals surface area (Å²) in [5, 5.41) is 67.6. The van der Waals surface area contributed by atoms with Gasteiger partial charge in [-0.05, 0) is 197 Å². The van der Waals surface area contributed by atoms with Crippen molar-refractivity contribution in [2.24, 2.45) is 94.7 Å². The Bertz CT molecular complexity index is 1570. The first kappa shape index (κ1) is 56.2. The second-order valence-electron chi connectivity index (χ2n) is 31.2. The monoisotopic (exact) mass is 1180 g/mol. The van der Waals surface area contributed by atoms with Crippen molar-refractivity contribution in [1.82, 2.24) is 85.1 Å². The van der Waals surface area contributed by atoms with Crippen LogP contribution in [0.3, 0.4) is 0 Å². The molecule has 10 aliphatic heterocycles. The summed E-state index contributed by atoms with van der Waals surface area (Å²) in [4.78, 5) is 0. The van der Waals surface area contributed by atoms with Gasteiger partial charge in [0.05, 0.1) is 98.7 Å². The molecule has 16 bridgehead atoms. The zero-order valence-electron chi connectivity index (χ0n) is 49.1. The van der Waals surface area contributed by atoms with E-state index < -0.39 is 0 Å². The summed E-state index contributed by atoms with van der Waals surface area (Å²) < 4.78 is 0. The van der Waals surface area contributed by atoms with Crippen LogP contribution >= 0.6 is 0 Å². The molecule has 81 heavy (non-hydrogen) atoms. The van der Waals surface area contributed by atoms with Gasteiger partial charge in [0, 0.05) is 0 Å². The van der Waals surface area contributed by atoms with Crippen molar-refractivity contribution in [2.45, 2.75) is 304 Å². The third kappa shape index (κ3) is 10.4. The van der Waals surface area contributed by atoms with Gasteiger partial charge in [0.15, 0.2) is 0 Å². The topological polar surface area (TPSA) is 192 Å². The van der Waals surface area contributed by atoms with Crippen LogP contribution in [0.25, 0.3) is 0 Å². The normalized spacial score (nSPS) is 56.9. The van der Waals surface area contributed by atoms with Crippen LogP contribution in [-0.2, 0) is 0 Å². The fourth-order valence-electron chi connectivity index (χ4n) is 23.9. The standard InChI is InChI=1S/2C32H56N8.GeH4/c2*1-2-10-18-17(9-1)25-33-26(18)38-28-21-13-5-6-14-22(21)30(35-28)40-32-24-16-8-7-15-23(24)31(36-32)39-29-20-12-4-3-11-19(20)27(34-29)37-25;/h2*17-40H,1-16H2;1H4. The number of hydrogen-bond donors (Lipinski definition) is 16. The third-order valence-corrected chi connectivity index (χ3v) is 27.6. The Morgan fingerprint density at radius 2 is 0.173 bits per heavy atom. The molecule has 8 saturated carbocycles. The van der Waals surface area contributed by atoms with Crippen molar-refractivity contribution < 1.29 is 0 Å². The molecule has 16 unspecified atom stereocenters. The molecule has 18 aliphatic rings. The van der Waals surface area contributed by atoms with Crippen molar-refractivity contribution in [3.63, 3.8) is 0 Å². The van der Waals surface area contributed by atoms with Gasteiger partial charge in [-0.15, -0.1) is 0 Å². The molecular formula is C64H116GeN16. The van der Waals surface area contributed by atoms with Crippen LogP contribution in [0.4, 0.5) is 0 Å². The van der Waals surface area contributed by atoms with Crippen molar-refractivity contribution >= 4 is 17.6 Å². The molecule has 18 rings (SSSR count). The van der Waals surface area contributed by atoms with E-state index in [0.29, 0.717) is 98.7 Å². The van der Waals surface area contributed by atoms with Gasteiger partial charge in [-0.25, -0.2) is 0 Å². The first-order valence-electron chi connectivity index (χ1n) is 35.8. The molecule has 0 spiro atoms. The molecular weight excluding hydrogens is 1070 g/mol. The maximum absolute atomic E-state index is 4.26. The van der Waals surface area contributed by atoms with Crippen molar-refractivity contribution in [1.29, 1.82) is 0 Å². The average Bonchev–Trinajstić information content (AvgIpc) is 4.47. The molecule has 0 aromatic heterocycles. The van der Waals surface area contributed by atoms with E-state index in [2.05, 4.69) is 85.1 Å². The van der Waals surface area contributed by atoms with E-state index in [1.54, 1.807) is 0 Å². The SMILES string of the molecule is C1CCC2C3NC(NC4NC(NC5NC(NC6NC(N3)C3CCCCC63)C3CCCCC53)C3CCCCC43)C2C1.C1CCC2C3NC(NC4NC(NC5NC(NC6NC(N3)C3CCCCC63)C3CCCCC53)C3CCCCC43)C2C1.[GeH4]. The van der Waals surface area contributed by atoms with Crippen LogP contribution in [0, 0.1) is 94.7 Å². The molecule has 16 atom stereocenters. The summed E-state index contributed by atoms with van der Waals surface area (Å²) >= 11 is 0. The minimum atomic E-state index is 0. The Labute approximate surface area is 499 Å². The molecule has 0 radical (unpaired) electrons. The predicted octanol–water partition coefficient (Wildman–Crippen LogP) is 3.76. The summed E-state index contributed by atoms with van der Waals surface area (Å²) in [5.74, 6) is 11.9. The second kappa shape index (κ2) is 24.0. The molecule has 10 heterocycles. The zero-order valence-corrected chi connectivity index (χ0v) is 49.1. The molecule has 16 nitrogen and oxygen atoms in total. The fraction of sp³-hybridized carbons (Fsp3) is 1.00. The van der Waals surface area contributed by atoms with E-state index in [1.807, 2.05) is 0 Å². The molecule has 17 heteroatoms. The summed E-state index contributed by atoms with van der Waals surface area (Å²) in [6.45, 7) is 0. The number of nitrogens with one attached hydrogen (secondary N) is 16. The zero-order chi connectivity index (χ0) is 52.4. The minimum absolute atomic E-state index is 0. The van der Waals surface area contributed by atoms with Gasteiger partial charge in [0.25, 0.3) is 0 Å². The Morgan fingerprint density at radius 1 is 0.111 bits per heavy atom. The van der Waals surface area contributed by atoms with Crippen LogP contribution in [0.1, 0.15) is 205 Å². The van der Waals surface area contributed by atoms with Crippen LogP contribution < -0.4 is 85.1 Å². The second-order valence-corrected chi connectivity index (χ2v) is 31.2. The molecule has 0 aromatic carbocycles. The van der Waals surface area contributed by atoms with Crippen LogP contribution in [0.2, 0.25) is 0 Å². The predicted molar refractivity (Wildman–Crippen MR) is 326 cm³/mol. The van der Waals surface area contributed by atoms with Crippen molar-refractivity contribution in [2.75, 3.05) is 0 Å². The Balaban J connectivity index is 0.000000132. The summed E-state index contributed by atoms with van der Waals surface area (Å²) in [6, 6.07) is 0. The molecule has 456 valence electrons. The molecule has 18 fully saturated rings. The van der Waals surface area contributed by atoms with Gasteiger partial charge in [-0.2, -0.15) is 0 Å². The number of rotatable bonds is 0. The number of fused-ring (bicyclic) bond motifs is 40. The van der Waals surface area contributed by atoms with Crippen molar-refractivity contribution in [3.05, 3.63) is 0 Å². The van der Waals surface area contributed by atoms with Gasteiger partial charge < -0.3 is 0 Å². The van der Waals surface area contributed by atoms with Gasteiger partial charge in [0.2, 0.25) is 0 Å². The van der Waals surface area contributed by atoms with Gasteiger partial charge in [-0.3, -0.25) is 85.1 Å². The van der Waals surface area contributed by atoms with Gasteiger partial charge in [-0.1, -0.05) is 103 Å². The summed E-state index contributed by atoms with van der Waals surface area (Å²) in [7, 11) is 0. The van der Waals surface area contributed by atoms with Crippen molar-refractivity contribution in [3.8, 4) is 0 Å². The first-order valence-corrected chi connectivity index (χ1v) is 35.8. The summed E-state index contributed by atoms with van der Waals surface area (Å²) in [6.07, 6.45) is 51.1. The Kier molecular flexibility index (Phi) is 16.7. The Morgan fingerprint density at radius 3 is 0.235 bits per heavy atom. The first-order chi connectivity index (χ1) is 39.6. The number of hydrogen-bond acceptors (Lipinski definition) is 16. The van der Waals surface area contributed by atoms with E-state index >= 15 is 0 Å². The van der Waals surface area contributed by atoms with E-state index in [9.17, 15) is 0 Å². The maximum atomic E-state index is 4.26. The van der Waals surface area contributed by atoms with E-state index in [4.69, 9.17) is 0 Å². The third-order valence-electron chi connectivity index (χ3n) is 27.6. The van der Waals surface area contributed by atoms with Crippen LogP contribution in [0.5, 0.6) is 0 Å². The van der Waals surface area contributed by atoms with E-state index in [0.717, 1.165) is 94.7 Å². The van der Waals surface area contributed by atoms with Gasteiger partial charge >= 0.3 is 17.6 Å². The van der Waals surface area contributed by atoms with E-state index in [-0.39, 0.29) is 17.6 Å². The Hall–Kier alpha value is -0.0971. The molecule has 10 saturated heterocycles. The fourth-order valence-corrected chi connectivity index (χ4v) is 23.9. The van der Waals surface area contributed by atoms with Crippen LogP contribution in [0.15, 0.2) is 0 Å². The molecule has 8 aliphatic carbocycles. The molecule has 16 N–H and O–H groups in total. The quantitative estimate of drug-likeness (QED) is 0.157. The van der Waals surface area contributed by atoms with E-state index in [1.165, 1.54) is 205 Å². The summed E-state index contributed by atoms with van der Waals surface area (Å²) in [5.41, 5.74) is 0. The van der Waals surface area contributed by atoms with Crippen LogP contribution in [-0.4, -0.2) is 116 Å².